The van der Waals surface area contributed by atoms with Gasteiger partial charge in [-0.25, -0.2) is 14.0 Å². The molecule has 0 saturated carbocycles. The van der Waals surface area contributed by atoms with Gasteiger partial charge in [0.2, 0.25) is 0 Å². The second-order valence-corrected chi connectivity index (χ2v) is 5.75. The summed E-state index contributed by atoms with van der Waals surface area (Å²) in [7, 11) is 0. The van der Waals surface area contributed by atoms with Crippen molar-refractivity contribution in [2.24, 2.45) is 0 Å². The van der Waals surface area contributed by atoms with E-state index in [2.05, 4.69) is 5.32 Å². The number of esters is 1. The molecule has 0 bridgehead atoms. The van der Waals surface area contributed by atoms with E-state index in [1.165, 1.54) is 18.2 Å². The number of imide groups is 1. The van der Waals surface area contributed by atoms with Crippen LogP contribution in [0.25, 0.3) is 0 Å². The zero-order valence-corrected chi connectivity index (χ0v) is 13.4. The zero-order chi connectivity index (χ0) is 17.4. The fourth-order valence-corrected chi connectivity index (χ4v) is 2.50. The summed E-state index contributed by atoms with van der Waals surface area (Å²) in [4.78, 5) is 35.8. The topological polar surface area (TPSA) is 84.5 Å². The highest BCUT2D eigenvalue weighted by atomic mass is 32.1. The summed E-state index contributed by atoms with van der Waals surface area (Å²) < 4.78 is 17.7. The molecule has 1 aromatic heterocycles. The first kappa shape index (κ1) is 17.6. The highest BCUT2D eigenvalue weighted by molar-refractivity contribution is 7.09. The van der Waals surface area contributed by atoms with E-state index in [1.807, 2.05) is 22.8 Å². The molecule has 0 fully saturated rings. The average molecular weight is 350 g/mol. The first-order valence-corrected chi connectivity index (χ1v) is 7.95. The van der Waals surface area contributed by atoms with Crippen LogP contribution in [0.4, 0.5) is 9.18 Å². The third kappa shape index (κ3) is 5.81. The van der Waals surface area contributed by atoms with Crippen LogP contribution < -0.4 is 10.6 Å². The van der Waals surface area contributed by atoms with E-state index in [0.717, 1.165) is 10.9 Å². The number of carbonyl (C=O) groups excluding carboxylic acids is 3. The normalized spacial score (nSPS) is 10.0. The Morgan fingerprint density at radius 2 is 2.00 bits per heavy atom. The summed E-state index contributed by atoms with van der Waals surface area (Å²) in [6.45, 7) is -0.254. The van der Waals surface area contributed by atoms with Gasteiger partial charge in [-0.15, -0.1) is 11.3 Å². The van der Waals surface area contributed by atoms with Gasteiger partial charge in [-0.2, -0.15) is 0 Å². The Labute approximate surface area is 141 Å². The van der Waals surface area contributed by atoms with Crippen molar-refractivity contribution in [2.45, 2.75) is 6.42 Å². The van der Waals surface area contributed by atoms with E-state index in [1.54, 1.807) is 11.3 Å². The standard InChI is InChI=1S/C16H15FN2O4S/c17-12-4-1-3-11(9-12)15(21)23-10-14(20)19-16(22)18-7-6-13-5-2-8-24-13/h1-5,8-9H,6-7,10H2,(H2,18,19,20,22). The fraction of sp³-hybridized carbons (Fsp3) is 0.188. The fourth-order valence-electron chi connectivity index (χ4n) is 1.79. The number of halogens is 1. The van der Waals surface area contributed by atoms with Gasteiger partial charge in [0.15, 0.2) is 6.61 Å². The Morgan fingerprint density at radius 1 is 1.17 bits per heavy atom. The van der Waals surface area contributed by atoms with E-state index < -0.39 is 30.3 Å². The van der Waals surface area contributed by atoms with Crippen LogP contribution in [0.15, 0.2) is 41.8 Å². The Kier molecular flexibility index (Phi) is 6.44. The molecule has 0 saturated heterocycles. The molecule has 0 aliphatic carbocycles. The Morgan fingerprint density at radius 3 is 2.71 bits per heavy atom. The smallest absolute Gasteiger partial charge is 0.338 e. The molecule has 3 amide bonds. The molecular formula is C16H15FN2O4S. The number of nitrogens with one attached hydrogen (secondary N) is 2. The maximum absolute atomic E-state index is 13.0. The molecule has 0 aliphatic heterocycles. The van der Waals surface area contributed by atoms with Crippen LogP contribution in [-0.2, 0) is 16.0 Å². The minimum absolute atomic E-state index is 0.0109. The largest absolute Gasteiger partial charge is 0.452 e. The van der Waals surface area contributed by atoms with Gasteiger partial charge in [-0.05, 0) is 36.1 Å². The summed E-state index contributed by atoms with van der Waals surface area (Å²) in [6.07, 6.45) is 0.661. The Bertz CT molecular complexity index is 719. The van der Waals surface area contributed by atoms with Crippen molar-refractivity contribution < 1.29 is 23.5 Å². The van der Waals surface area contributed by atoms with Crippen LogP contribution in [0, 0.1) is 5.82 Å². The predicted octanol–water partition coefficient (Wildman–Crippen LogP) is 2.11. The summed E-state index contributed by atoms with van der Waals surface area (Å²) in [5.74, 6) is -2.20. The Balaban J connectivity index is 1.67. The molecule has 1 aromatic carbocycles. The van der Waals surface area contributed by atoms with E-state index >= 15 is 0 Å². The van der Waals surface area contributed by atoms with Crippen molar-refractivity contribution in [3.05, 3.63) is 58.0 Å². The highest BCUT2D eigenvalue weighted by Gasteiger charge is 2.12. The van der Waals surface area contributed by atoms with Gasteiger partial charge in [-0.3, -0.25) is 10.1 Å². The third-order valence-corrected chi connectivity index (χ3v) is 3.82. The molecular weight excluding hydrogens is 335 g/mol. The van der Waals surface area contributed by atoms with Gasteiger partial charge in [0.1, 0.15) is 5.82 Å². The van der Waals surface area contributed by atoms with E-state index in [4.69, 9.17) is 4.74 Å². The monoisotopic (exact) mass is 350 g/mol. The third-order valence-electron chi connectivity index (χ3n) is 2.88. The van der Waals surface area contributed by atoms with Gasteiger partial charge >= 0.3 is 12.0 Å². The Hall–Kier alpha value is -2.74. The minimum Gasteiger partial charge on any atom is -0.452 e. The van der Waals surface area contributed by atoms with Crippen molar-refractivity contribution in [3.63, 3.8) is 0 Å². The summed E-state index contributed by atoms with van der Waals surface area (Å²) >= 11 is 1.58. The number of rotatable bonds is 6. The molecule has 0 spiro atoms. The molecule has 0 radical (unpaired) electrons. The summed E-state index contributed by atoms with van der Waals surface area (Å²) in [5, 5.41) is 6.50. The molecule has 0 aliphatic rings. The van der Waals surface area contributed by atoms with E-state index in [-0.39, 0.29) is 5.56 Å². The van der Waals surface area contributed by atoms with Gasteiger partial charge in [0.05, 0.1) is 5.56 Å². The summed E-state index contributed by atoms with van der Waals surface area (Å²) in [5.41, 5.74) is -0.0109. The van der Waals surface area contributed by atoms with Crippen LogP contribution in [0.2, 0.25) is 0 Å². The number of urea groups is 1. The van der Waals surface area contributed by atoms with Crippen LogP contribution in [0.5, 0.6) is 0 Å². The number of amides is 3. The first-order valence-electron chi connectivity index (χ1n) is 7.07. The molecule has 0 unspecified atom stereocenters. The lowest BCUT2D eigenvalue weighted by atomic mass is 10.2. The lowest BCUT2D eigenvalue weighted by molar-refractivity contribution is -0.123. The molecule has 2 aromatic rings. The van der Waals surface area contributed by atoms with Crippen molar-refractivity contribution >= 4 is 29.2 Å². The number of thiophene rings is 1. The van der Waals surface area contributed by atoms with Gasteiger partial charge in [-0.1, -0.05) is 12.1 Å². The van der Waals surface area contributed by atoms with Gasteiger partial charge < -0.3 is 10.1 Å². The van der Waals surface area contributed by atoms with Crippen molar-refractivity contribution in [1.29, 1.82) is 0 Å². The molecule has 2 N–H and O–H groups in total. The lowest BCUT2D eigenvalue weighted by Gasteiger charge is -2.07. The zero-order valence-electron chi connectivity index (χ0n) is 12.6. The number of carbonyl (C=O) groups is 3. The number of ether oxygens (including phenoxy) is 1. The number of hydrogen-bond donors (Lipinski definition) is 2. The van der Waals surface area contributed by atoms with Gasteiger partial charge in [0, 0.05) is 11.4 Å². The molecule has 8 heteroatoms. The number of hydrogen-bond acceptors (Lipinski definition) is 5. The minimum atomic E-state index is -0.845. The van der Waals surface area contributed by atoms with Gasteiger partial charge in [0.25, 0.3) is 5.91 Å². The van der Waals surface area contributed by atoms with E-state index in [0.29, 0.717) is 13.0 Å². The maximum atomic E-state index is 13.0. The van der Waals surface area contributed by atoms with Crippen LogP contribution in [-0.4, -0.2) is 31.1 Å². The molecule has 0 atom stereocenters. The SMILES string of the molecule is O=C(COC(=O)c1cccc(F)c1)NC(=O)NCCc1cccs1. The van der Waals surface area contributed by atoms with Crippen molar-refractivity contribution in [2.75, 3.05) is 13.2 Å². The lowest BCUT2D eigenvalue weighted by Crippen LogP contribution is -2.42. The van der Waals surface area contributed by atoms with Crippen LogP contribution in [0.1, 0.15) is 15.2 Å². The van der Waals surface area contributed by atoms with Crippen molar-refractivity contribution in [3.8, 4) is 0 Å². The molecule has 126 valence electrons. The molecule has 2 rings (SSSR count). The second kappa shape index (κ2) is 8.78. The quantitative estimate of drug-likeness (QED) is 0.782. The predicted molar refractivity (Wildman–Crippen MR) is 86.2 cm³/mol. The molecule has 1 heterocycles. The van der Waals surface area contributed by atoms with Crippen LogP contribution >= 0.6 is 11.3 Å². The van der Waals surface area contributed by atoms with Crippen molar-refractivity contribution in [1.82, 2.24) is 10.6 Å². The average Bonchev–Trinajstić information content (AvgIpc) is 3.06. The van der Waals surface area contributed by atoms with E-state index in [9.17, 15) is 18.8 Å². The first-order chi connectivity index (χ1) is 11.5. The highest BCUT2D eigenvalue weighted by Crippen LogP contribution is 2.08. The molecule has 24 heavy (non-hydrogen) atoms. The summed E-state index contributed by atoms with van der Waals surface area (Å²) in [6, 6.07) is 8.09. The number of benzene rings is 1. The second-order valence-electron chi connectivity index (χ2n) is 4.72. The molecule has 6 nitrogen and oxygen atoms in total. The maximum Gasteiger partial charge on any atom is 0.338 e. The van der Waals surface area contributed by atoms with Crippen LogP contribution in [0.3, 0.4) is 0 Å².